The van der Waals surface area contributed by atoms with Crippen molar-refractivity contribution in [1.82, 2.24) is 9.88 Å². The molecule has 0 spiro atoms. The lowest BCUT2D eigenvalue weighted by atomic mass is 9.98. The Labute approximate surface area is 219 Å². The van der Waals surface area contributed by atoms with Gasteiger partial charge in [0.15, 0.2) is 0 Å². The highest BCUT2D eigenvalue weighted by molar-refractivity contribution is 5.91. The van der Waals surface area contributed by atoms with Crippen LogP contribution in [0.4, 0.5) is 5.82 Å². The van der Waals surface area contributed by atoms with Crippen LogP contribution in [0.2, 0.25) is 0 Å². The largest absolute Gasteiger partial charge is 0.497 e. The number of carbonyl (C=O) groups excluding carboxylic acids is 2. The second-order valence-electron chi connectivity index (χ2n) is 8.49. The molecule has 0 saturated carbocycles. The second kappa shape index (κ2) is 14.5. The SMILES string of the molecule is C=C/C=C(\C=C)CC(COC)N(C=O)C(=O)Cc1c(C)nc(NCc2ccc(OC)cc2)c(C=N)c1C. The first kappa shape index (κ1) is 29.2. The number of allylic oxidation sites excluding steroid dienone is 3. The molecule has 0 aliphatic rings. The summed E-state index contributed by atoms with van der Waals surface area (Å²) in [6.45, 7) is 11.9. The number of ether oxygens (including phenoxy) is 2. The van der Waals surface area contributed by atoms with Gasteiger partial charge in [-0.25, -0.2) is 4.98 Å². The van der Waals surface area contributed by atoms with Crippen molar-refractivity contribution in [2.75, 3.05) is 26.1 Å². The Morgan fingerprint density at radius 3 is 2.46 bits per heavy atom. The number of hydrogen-bond donors (Lipinski definition) is 2. The highest BCUT2D eigenvalue weighted by Gasteiger charge is 2.26. The number of aromatic nitrogens is 1. The third kappa shape index (κ3) is 7.72. The van der Waals surface area contributed by atoms with Crippen LogP contribution in [0.1, 0.15) is 34.4 Å². The van der Waals surface area contributed by atoms with Crippen molar-refractivity contribution in [3.63, 3.8) is 0 Å². The fourth-order valence-electron chi connectivity index (χ4n) is 4.07. The number of anilines is 1. The van der Waals surface area contributed by atoms with Crippen molar-refractivity contribution in [2.45, 2.75) is 39.3 Å². The van der Waals surface area contributed by atoms with E-state index in [4.69, 9.17) is 14.9 Å². The summed E-state index contributed by atoms with van der Waals surface area (Å²) in [5.41, 5.74) is 4.57. The van der Waals surface area contributed by atoms with Crippen molar-refractivity contribution in [3.8, 4) is 5.75 Å². The number of imide groups is 1. The normalized spacial score (nSPS) is 11.8. The van der Waals surface area contributed by atoms with Crippen LogP contribution in [-0.4, -0.2) is 55.3 Å². The van der Waals surface area contributed by atoms with Gasteiger partial charge >= 0.3 is 0 Å². The zero-order valence-corrected chi connectivity index (χ0v) is 22.0. The molecule has 0 radical (unpaired) electrons. The monoisotopic (exact) mass is 504 g/mol. The quantitative estimate of drug-likeness (QED) is 0.210. The van der Waals surface area contributed by atoms with Crippen molar-refractivity contribution in [1.29, 1.82) is 5.41 Å². The average molecular weight is 505 g/mol. The zero-order valence-electron chi connectivity index (χ0n) is 22.0. The van der Waals surface area contributed by atoms with Crippen LogP contribution in [0.3, 0.4) is 0 Å². The fraction of sp³-hybridized carbons (Fsp3) is 0.310. The third-order valence-electron chi connectivity index (χ3n) is 6.14. The predicted molar refractivity (Wildman–Crippen MR) is 147 cm³/mol. The lowest BCUT2D eigenvalue weighted by Crippen LogP contribution is -2.43. The molecule has 2 N–H and O–H groups in total. The molecule has 1 aromatic carbocycles. The van der Waals surface area contributed by atoms with Crippen molar-refractivity contribution >= 4 is 24.3 Å². The molecule has 1 heterocycles. The highest BCUT2D eigenvalue weighted by Crippen LogP contribution is 2.25. The van der Waals surface area contributed by atoms with Crippen LogP contribution in [0.25, 0.3) is 0 Å². The third-order valence-corrected chi connectivity index (χ3v) is 6.14. The molecular formula is C29H36N4O4. The number of benzene rings is 1. The summed E-state index contributed by atoms with van der Waals surface area (Å²) in [6.07, 6.45) is 7.23. The van der Waals surface area contributed by atoms with Crippen molar-refractivity contribution in [2.24, 2.45) is 0 Å². The van der Waals surface area contributed by atoms with Gasteiger partial charge in [0.1, 0.15) is 11.6 Å². The molecule has 2 aromatic rings. The van der Waals surface area contributed by atoms with E-state index in [1.165, 1.54) is 18.2 Å². The lowest BCUT2D eigenvalue weighted by molar-refractivity contribution is -0.141. The molecule has 37 heavy (non-hydrogen) atoms. The van der Waals surface area contributed by atoms with Gasteiger partial charge in [-0.1, -0.05) is 43.5 Å². The van der Waals surface area contributed by atoms with Gasteiger partial charge in [0.25, 0.3) is 0 Å². The Balaban J connectivity index is 2.29. The molecule has 2 rings (SSSR count). The van der Waals surface area contributed by atoms with Gasteiger partial charge in [-0.2, -0.15) is 0 Å². The van der Waals surface area contributed by atoms with Gasteiger partial charge in [-0.3, -0.25) is 14.5 Å². The first-order chi connectivity index (χ1) is 17.8. The fourth-order valence-corrected chi connectivity index (χ4v) is 4.07. The first-order valence-corrected chi connectivity index (χ1v) is 11.9. The van der Waals surface area contributed by atoms with E-state index in [9.17, 15) is 9.59 Å². The maximum atomic E-state index is 13.3. The van der Waals surface area contributed by atoms with Crippen LogP contribution < -0.4 is 10.1 Å². The number of rotatable bonds is 15. The molecule has 0 fully saturated rings. The zero-order chi connectivity index (χ0) is 27.4. The van der Waals surface area contributed by atoms with Crippen LogP contribution >= 0.6 is 0 Å². The number of nitrogens with one attached hydrogen (secondary N) is 2. The molecule has 1 atom stereocenters. The van der Waals surface area contributed by atoms with E-state index in [0.29, 0.717) is 42.0 Å². The van der Waals surface area contributed by atoms with Crippen LogP contribution in [-0.2, 0) is 27.3 Å². The summed E-state index contributed by atoms with van der Waals surface area (Å²) < 4.78 is 10.5. The molecule has 0 saturated heterocycles. The summed E-state index contributed by atoms with van der Waals surface area (Å²) in [6, 6.07) is 7.17. The number of amides is 2. The van der Waals surface area contributed by atoms with Gasteiger partial charge in [0, 0.05) is 31.1 Å². The molecule has 0 aliphatic carbocycles. The Hall–Kier alpha value is -4.04. The summed E-state index contributed by atoms with van der Waals surface area (Å²) in [4.78, 5) is 31.1. The summed E-state index contributed by atoms with van der Waals surface area (Å²) in [5.74, 6) is 0.964. The van der Waals surface area contributed by atoms with E-state index in [0.717, 1.165) is 22.4 Å². The number of hydrogen-bond acceptors (Lipinski definition) is 7. The molecule has 0 aliphatic heterocycles. The Kier molecular flexibility index (Phi) is 11.4. The number of pyridine rings is 1. The number of aryl methyl sites for hydroxylation is 1. The standard InChI is InChI=1S/C29H36N4O4/c1-7-9-22(8-2)14-24(18-36-5)33(19-34)28(35)15-26-20(3)27(16-30)29(32-21(26)4)31-17-23-10-12-25(37-6)13-11-23/h7-13,16,19,24,30H,1-2,14-15,17-18H2,3-6H3,(H,31,32)/b22-9+,30-16?. The maximum absolute atomic E-state index is 13.3. The van der Waals surface area contributed by atoms with Crippen LogP contribution in [0, 0.1) is 19.3 Å². The maximum Gasteiger partial charge on any atom is 0.233 e. The smallest absolute Gasteiger partial charge is 0.233 e. The summed E-state index contributed by atoms with van der Waals surface area (Å²) >= 11 is 0. The van der Waals surface area contributed by atoms with E-state index < -0.39 is 6.04 Å². The number of carbonyl (C=O) groups is 2. The Morgan fingerprint density at radius 2 is 1.92 bits per heavy atom. The van der Waals surface area contributed by atoms with E-state index in [2.05, 4.69) is 23.5 Å². The van der Waals surface area contributed by atoms with E-state index in [1.54, 1.807) is 25.3 Å². The van der Waals surface area contributed by atoms with Crippen molar-refractivity contribution < 1.29 is 19.1 Å². The topological polar surface area (TPSA) is 105 Å². The number of methoxy groups -OCH3 is 2. The highest BCUT2D eigenvalue weighted by atomic mass is 16.5. The molecular weight excluding hydrogens is 468 g/mol. The minimum Gasteiger partial charge on any atom is -0.497 e. The first-order valence-electron chi connectivity index (χ1n) is 11.9. The number of nitrogens with zero attached hydrogens (tertiary/aromatic N) is 2. The molecule has 2 amide bonds. The Morgan fingerprint density at radius 1 is 1.22 bits per heavy atom. The summed E-state index contributed by atoms with van der Waals surface area (Å²) in [7, 11) is 3.15. The van der Waals surface area contributed by atoms with Gasteiger partial charge in [-0.15, -0.1) is 0 Å². The van der Waals surface area contributed by atoms with E-state index >= 15 is 0 Å². The molecule has 1 aromatic heterocycles. The van der Waals surface area contributed by atoms with Crippen LogP contribution in [0.15, 0.2) is 61.2 Å². The van der Waals surface area contributed by atoms with Gasteiger partial charge in [0.2, 0.25) is 12.3 Å². The van der Waals surface area contributed by atoms with Gasteiger partial charge < -0.3 is 20.2 Å². The Bertz CT molecular complexity index is 1160. The van der Waals surface area contributed by atoms with E-state index in [-0.39, 0.29) is 18.9 Å². The minimum atomic E-state index is -0.500. The average Bonchev–Trinajstić information content (AvgIpc) is 2.90. The lowest BCUT2D eigenvalue weighted by Gasteiger charge is -2.27. The van der Waals surface area contributed by atoms with Gasteiger partial charge in [0.05, 0.1) is 26.2 Å². The van der Waals surface area contributed by atoms with Gasteiger partial charge in [-0.05, 0) is 54.7 Å². The molecule has 1 unspecified atom stereocenters. The molecule has 8 heteroatoms. The molecule has 0 bridgehead atoms. The molecule has 196 valence electrons. The second-order valence-corrected chi connectivity index (χ2v) is 8.49. The summed E-state index contributed by atoms with van der Waals surface area (Å²) in [5, 5.41) is 11.3. The van der Waals surface area contributed by atoms with Crippen LogP contribution in [0.5, 0.6) is 5.75 Å². The molecule has 8 nitrogen and oxygen atoms in total. The van der Waals surface area contributed by atoms with Crippen molar-refractivity contribution in [3.05, 3.63) is 89.2 Å². The minimum absolute atomic E-state index is 0.0299. The predicted octanol–water partition coefficient (Wildman–Crippen LogP) is 4.55. The van der Waals surface area contributed by atoms with E-state index in [1.807, 2.05) is 38.1 Å².